The molecule has 0 aromatic heterocycles. The quantitative estimate of drug-likeness (QED) is 0.412. The summed E-state index contributed by atoms with van der Waals surface area (Å²) in [6.07, 6.45) is 15.0. The molecule has 0 N–H and O–H groups in total. The third kappa shape index (κ3) is 12.5. The fourth-order valence-electron chi connectivity index (χ4n) is 1.77. The molecule has 0 heterocycles. The van der Waals surface area contributed by atoms with Gasteiger partial charge in [0.1, 0.15) is 0 Å². The molecule has 0 saturated heterocycles. The summed E-state index contributed by atoms with van der Waals surface area (Å²) in [6, 6.07) is 0. The van der Waals surface area contributed by atoms with Crippen LogP contribution in [-0.2, 0) is 17.1 Å². The van der Waals surface area contributed by atoms with E-state index in [1.165, 1.54) is 64.2 Å². The molecule has 2 aliphatic carbocycles. The standard InChI is InChI=1S/2C5H10.C2H5.Fe/c2*1-2-4-5-3-1;1-2;/h2*1-5H2;1H2,2H3;/q;;-1;. The van der Waals surface area contributed by atoms with Crippen molar-refractivity contribution in [1.29, 1.82) is 0 Å². The van der Waals surface area contributed by atoms with Crippen molar-refractivity contribution in [2.24, 2.45) is 0 Å². The van der Waals surface area contributed by atoms with Crippen molar-refractivity contribution in [3.8, 4) is 0 Å². The van der Waals surface area contributed by atoms with Gasteiger partial charge in [-0.2, -0.15) is 6.92 Å². The van der Waals surface area contributed by atoms with Crippen molar-refractivity contribution < 1.29 is 17.1 Å². The second kappa shape index (κ2) is 15.0. The van der Waals surface area contributed by atoms with Gasteiger partial charge in [0.25, 0.3) is 0 Å². The minimum Gasteiger partial charge on any atom is -0.346 e. The first-order chi connectivity index (χ1) is 6.00. The molecule has 0 aromatic rings. The Morgan fingerprint density at radius 2 is 0.538 bits per heavy atom. The van der Waals surface area contributed by atoms with Gasteiger partial charge in [-0.1, -0.05) is 64.2 Å². The van der Waals surface area contributed by atoms with E-state index < -0.39 is 0 Å². The Hall–Kier alpha value is 0.519. The van der Waals surface area contributed by atoms with Crippen LogP contribution in [0.5, 0.6) is 0 Å². The van der Waals surface area contributed by atoms with E-state index in [4.69, 9.17) is 0 Å². The van der Waals surface area contributed by atoms with E-state index in [0.717, 1.165) is 0 Å². The summed E-state index contributed by atoms with van der Waals surface area (Å²) in [4.78, 5) is 0. The average Bonchev–Trinajstić information content (AvgIpc) is 2.87. The molecule has 0 spiro atoms. The fourth-order valence-corrected chi connectivity index (χ4v) is 1.77. The summed E-state index contributed by atoms with van der Waals surface area (Å²) in [7, 11) is 0. The minimum absolute atomic E-state index is 0. The van der Waals surface area contributed by atoms with Crippen molar-refractivity contribution in [1.82, 2.24) is 0 Å². The van der Waals surface area contributed by atoms with Crippen LogP contribution in [0.2, 0.25) is 0 Å². The largest absolute Gasteiger partial charge is 0.346 e. The predicted octanol–water partition coefficient (Wildman–Crippen LogP) is 4.74. The molecule has 2 fully saturated rings. The summed E-state index contributed by atoms with van der Waals surface area (Å²) in [5, 5.41) is 0. The Kier molecular flexibility index (Phi) is 18.4. The number of hydrogen-bond donors (Lipinski definition) is 0. The van der Waals surface area contributed by atoms with Crippen LogP contribution in [0.1, 0.15) is 71.1 Å². The first-order valence-corrected chi connectivity index (χ1v) is 5.71. The van der Waals surface area contributed by atoms with Crippen molar-refractivity contribution in [3.05, 3.63) is 6.92 Å². The maximum Gasteiger partial charge on any atom is 0 e. The molecule has 0 nitrogen and oxygen atoms in total. The van der Waals surface area contributed by atoms with Gasteiger partial charge in [-0.05, 0) is 0 Å². The maximum atomic E-state index is 3.25. The van der Waals surface area contributed by atoms with E-state index >= 15 is 0 Å². The summed E-state index contributed by atoms with van der Waals surface area (Å²) in [5.74, 6) is 0. The van der Waals surface area contributed by atoms with E-state index in [-0.39, 0.29) is 17.1 Å². The van der Waals surface area contributed by atoms with E-state index in [1.54, 1.807) is 6.92 Å². The Bertz CT molecular complexity index is 38.3. The maximum absolute atomic E-state index is 3.25. The van der Waals surface area contributed by atoms with Crippen LogP contribution in [0.25, 0.3) is 0 Å². The Morgan fingerprint density at radius 1 is 0.462 bits per heavy atom. The predicted molar refractivity (Wildman–Crippen MR) is 57.2 cm³/mol. The molecule has 82 valence electrons. The van der Waals surface area contributed by atoms with Gasteiger partial charge >= 0.3 is 0 Å². The van der Waals surface area contributed by atoms with Crippen LogP contribution < -0.4 is 0 Å². The van der Waals surface area contributed by atoms with Gasteiger partial charge in [-0.25, -0.2) is 0 Å². The molecule has 0 amide bonds. The number of rotatable bonds is 0. The van der Waals surface area contributed by atoms with Crippen molar-refractivity contribution in [2.75, 3.05) is 0 Å². The molecule has 0 aromatic carbocycles. The topological polar surface area (TPSA) is 0 Å². The summed E-state index contributed by atoms with van der Waals surface area (Å²) in [5.41, 5.74) is 0. The molecule has 0 unspecified atom stereocenters. The summed E-state index contributed by atoms with van der Waals surface area (Å²) < 4.78 is 0. The van der Waals surface area contributed by atoms with Gasteiger partial charge in [0.05, 0.1) is 0 Å². The molecule has 13 heavy (non-hydrogen) atoms. The molecule has 0 bridgehead atoms. The van der Waals surface area contributed by atoms with Crippen LogP contribution in [0, 0.1) is 6.92 Å². The van der Waals surface area contributed by atoms with Gasteiger partial charge in [0.15, 0.2) is 0 Å². The molecule has 2 rings (SSSR count). The van der Waals surface area contributed by atoms with Crippen molar-refractivity contribution in [2.45, 2.75) is 71.1 Å². The van der Waals surface area contributed by atoms with Crippen LogP contribution in [0.15, 0.2) is 0 Å². The Balaban J connectivity index is 0. The van der Waals surface area contributed by atoms with Crippen molar-refractivity contribution >= 4 is 0 Å². The molecule has 2 saturated carbocycles. The zero-order chi connectivity index (χ0) is 9.07. The zero-order valence-corrected chi connectivity index (χ0v) is 10.2. The third-order valence-electron chi connectivity index (χ3n) is 2.50. The first kappa shape index (κ1) is 16.0. The third-order valence-corrected chi connectivity index (χ3v) is 2.50. The SMILES string of the molecule is C1CCCC1.C1CCCC1.[CH2-]C.[Fe]. The summed E-state index contributed by atoms with van der Waals surface area (Å²) in [6.45, 7) is 5.00. The molecule has 1 heteroatoms. The van der Waals surface area contributed by atoms with Crippen molar-refractivity contribution in [3.63, 3.8) is 0 Å². The fraction of sp³-hybridized carbons (Fsp3) is 0.917. The summed E-state index contributed by atoms with van der Waals surface area (Å²) >= 11 is 0. The van der Waals surface area contributed by atoms with Gasteiger partial charge in [0, 0.05) is 17.1 Å². The Labute approximate surface area is 95.3 Å². The van der Waals surface area contributed by atoms with Gasteiger partial charge in [-0.3, -0.25) is 0 Å². The molecule has 0 radical (unpaired) electrons. The van der Waals surface area contributed by atoms with E-state index in [1.807, 2.05) is 0 Å². The van der Waals surface area contributed by atoms with Gasteiger partial charge in [-0.15, -0.1) is 0 Å². The second-order valence-corrected chi connectivity index (χ2v) is 3.54. The van der Waals surface area contributed by atoms with E-state index in [9.17, 15) is 0 Å². The molecule has 0 aliphatic heterocycles. The van der Waals surface area contributed by atoms with Crippen LogP contribution in [-0.4, -0.2) is 0 Å². The van der Waals surface area contributed by atoms with Crippen LogP contribution >= 0.6 is 0 Å². The second-order valence-electron chi connectivity index (χ2n) is 3.54. The van der Waals surface area contributed by atoms with E-state index in [2.05, 4.69) is 6.92 Å². The average molecular weight is 225 g/mol. The molecular formula is C12H25Fe-. The molecule has 2 aliphatic rings. The van der Waals surface area contributed by atoms with Crippen LogP contribution in [0.3, 0.4) is 0 Å². The Morgan fingerprint density at radius 3 is 0.615 bits per heavy atom. The minimum atomic E-state index is 0. The zero-order valence-electron chi connectivity index (χ0n) is 9.13. The van der Waals surface area contributed by atoms with Gasteiger partial charge in [0.2, 0.25) is 0 Å². The molecular weight excluding hydrogens is 200 g/mol. The molecule has 0 atom stereocenters. The van der Waals surface area contributed by atoms with E-state index in [0.29, 0.717) is 0 Å². The van der Waals surface area contributed by atoms with Crippen LogP contribution in [0.4, 0.5) is 0 Å². The monoisotopic (exact) mass is 225 g/mol. The smallest absolute Gasteiger partial charge is 0 e. The first-order valence-electron chi connectivity index (χ1n) is 5.71. The normalized spacial score (nSPS) is 18.9. The van der Waals surface area contributed by atoms with Gasteiger partial charge < -0.3 is 6.92 Å². The number of hydrogen-bond acceptors (Lipinski definition) is 0.